The zero-order valence-electron chi connectivity index (χ0n) is 14.1. The van der Waals surface area contributed by atoms with Crippen molar-refractivity contribution in [2.75, 3.05) is 11.9 Å². The van der Waals surface area contributed by atoms with Crippen LogP contribution in [0.15, 0.2) is 44.0 Å². The molecule has 2 N–H and O–H groups in total. The van der Waals surface area contributed by atoms with E-state index in [4.69, 9.17) is 9.15 Å². The summed E-state index contributed by atoms with van der Waals surface area (Å²) in [7, 11) is 0. The van der Waals surface area contributed by atoms with Crippen molar-refractivity contribution in [1.82, 2.24) is 14.5 Å². The van der Waals surface area contributed by atoms with E-state index in [1.54, 1.807) is 19.1 Å². The summed E-state index contributed by atoms with van der Waals surface area (Å²) in [6.45, 7) is 1.74. The van der Waals surface area contributed by atoms with Gasteiger partial charge in [-0.1, -0.05) is 0 Å². The normalized spacial score (nSPS) is 10.6. The van der Waals surface area contributed by atoms with Crippen molar-refractivity contribution < 1.29 is 18.7 Å². The van der Waals surface area contributed by atoms with Gasteiger partial charge in [-0.3, -0.25) is 19.5 Å². The van der Waals surface area contributed by atoms with Gasteiger partial charge in [-0.2, -0.15) is 0 Å². The van der Waals surface area contributed by atoms with Crippen LogP contribution in [0.2, 0.25) is 0 Å². The monoisotopic (exact) mass is 390 g/mol. The minimum atomic E-state index is -0.783. The Morgan fingerprint density at radius 1 is 1.41 bits per heavy atom. The van der Waals surface area contributed by atoms with Crippen molar-refractivity contribution in [1.29, 1.82) is 0 Å². The number of ether oxygens (including phenoxy) is 1. The molecule has 1 amide bonds. The highest BCUT2D eigenvalue weighted by molar-refractivity contribution is 7.14. The van der Waals surface area contributed by atoms with E-state index in [0.717, 1.165) is 22.1 Å². The molecule has 0 aliphatic carbocycles. The third-order valence-electron chi connectivity index (χ3n) is 3.41. The molecule has 27 heavy (non-hydrogen) atoms. The lowest BCUT2D eigenvalue weighted by Gasteiger charge is -2.05. The number of hydrogen-bond acceptors (Lipinski definition) is 8. The fourth-order valence-corrected chi connectivity index (χ4v) is 2.85. The summed E-state index contributed by atoms with van der Waals surface area (Å²) < 4.78 is 10.8. The van der Waals surface area contributed by atoms with Gasteiger partial charge in [0.25, 0.3) is 11.5 Å². The smallest absolute Gasteiger partial charge is 0.357 e. The van der Waals surface area contributed by atoms with E-state index in [2.05, 4.69) is 15.3 Å². The molecule has 0 aromatic carbocycles. The van der Waals surface area contributed by atoms with Gasteiger partial charge in [-0.25, -0.2) is 14.6 Å². The number of anilines is 1. The first-order valence-corrected chi connectivity index (χ1v) is 8.66. The van der Waals surface area contributed by atoms with Crippen LogP contribution < -0.4 is 16.6 Å². The number of carbonyl (C=O) groups excluding carboxylic acids is 2. The van der Waals surface area contributed by atoms with Crippen molar-refractivity contribution in [2.24, 2.45) is 0 Å². The molecule has 3 aromatic rings. The second-order valence-corrected chi connectivity index (χ2v) is 6.05. The largest absolute Gasteiger partial charge is 0.467 e. The van der Waals surface area contributed by atoms with Gasteiger partial charge in [0.05, 0.1) is 19.4 Å². The molecule has 0 spiro atoms. The average Bonchev–Trinajstić information content (AvgIpc) is 3.30. The molecule has 140 valence electrons. The van der Waals surface area contributed by atoms with E-state index in [1.807, 2.05) is 0 Å². The average molecular weight is 390 g/mol. The van der Waals surface area contributed by atoms with E-state index in [1.165, 1.54) is 11.6 Å². The second-order valence-electron chi connectivity index (χ2n) is 5.19. The first-order chi connectivity index (χ1) is 13.0. The second kappa shape index (κ2) is 7.83. The molecule has 11 heteroatoms. The summed E-state index contributed by atoms with van der Waals surface area (Å²) in [4.78, 5) is 54.7. The van der Waals surface area contributed by atoms with Gasteiger partial charge in [-0.15, -0.1) is 11.3 Å². The van der Waals surface area contributed by atoms with Crippen molar-refractivity contribution in [3.63, 3.8) is 0 Å². The number of furan rings is 1. The van der Waals surface area contributed by atoms with Crippen LogP contribution in [0.1, 0.15) is 33.5 Å². The molecule has 0 atom stereocenters. The first-order valence-electron chi connectivity index (χ1n) is 7.78. The summed E-state index contributed by atoms with van der Waals surface area (Å²) >= 11 is 1.00. The highest BCUT2D eigenvalue weighted by Gasteiger charge is 2.18. The Bertz CT molecular complexity index is 1080. The van der Waals surface area contributed by atoms with Crippen molar-refractivity contribution in [2.45, 2.75) is 13.5 Å². The number of aromatic nitrogens is 3. The molecule has 0 saturated heterocycles. The number of esters is 1. The number of rotatable bonds is 6. The molecule has 3 aromatic heterocycles. The fourth-order valence-electron chi connectivity index (χ4n) is 2.17. The third kappa shape index (κ3) is 4.03. The Balaban J connectivity index is 1.82. The van der Waals surface area contributed by atoms with Crippen LogP contribution in [0.4, 0.5) is 5.13 Å². The molecule has 0 aliphatic heterocycles. The summed E-state index contributed by atoms with van der Waals surface area (Å²) in [5, 5.41) is 3.97. The lowest BCUT2D eigenvalue weighted by Crippen LogP contribution is -2.39. The quantitative estimate of drug-likeness (QED) is 0.601. The molecule has 0 bridgehead atoms. The molecular weight excluding hydrogens is 376 g/mol. The van der Waals surface area contributed by atoms with Crippen LogP contribution in [0.3, 0.4) is 0 Å². The molecule has 0 radical (unpaired) electrons. The topological polar surface area (TPSA) is 136 Å². The molecule has 10 nitrogen and oxygen atoms in total. The maximum Gasteiger partial charge on any atom is 0.357 e. The van der Waals surface area contributed by atoms with Gasteiger partial charge < -0.3 is 14.1 Å². The number of amides is 1. The van der Waals surface area contributed by atoms with Gasteiger partial charge in [0.2, 0.25) is 0 Å². The summed E-state index contributed by atoms with van der Waals surface area (Å²) in [6.07, 6.45) is 2.44. The van der Waals surface area contributed by atoms with E-state index in [0.29, 0.717) is 5.76 Å². The van der Waals surface area contributed by atoms with Crippen LogP contribution in [-0.4, -0.2) is 33.0 Å². The Labute approximate surface area is 155 Å². The van der Waals surface area contributed by atoms with Crippen LogP contribution in [0, 0.1) is 0 Å². The first kappa shape index (κ1) is 18.3. The number of aromatic amines is 1. The SMILES string of the molecule is CCOC(=O)c1csc(NC(=O)c2c[nH]c(=O)n(Cc3ccco3)c2=O)n1. The Morgan fingerprint density at radius 3 is 2.93 bits per heavy atom. The number of H-pyrrole nitrogens is 1. The molecule has 3 rings (SSSR count). The minimum Gasteiger partial charge on any atom is -0.467 e. The fraction of sp³-hybridized carbons (Fsp3) is 0.188. The van der Waals surface area contributed by atoms with E-state index >= 15 is 0 Å². The highest BCUT2D eigenvalue weighted by Crippen LogP contribution is 2.16. The zero-order chi connectivity index (χ0) is 19.4. The lowest BCUT2D eigenvalue weighted by atomic mass is 10.3. The van der Waals surface area contributed by atoms with E-state index < -0.39 is 23.1 Å². The zero-order valence-corrected chi connectivity index (χ0v) is 14.9. The van der Waals surface area contributed by atoms with Gasteiger partial charge >= 0.3 is 11.7 Å². The Morgan fingerprint density at radius 2 is 2.22 bits per heavy atom. The molecular formula is C16H14N4O6S. The third-order valence-corrected chi connectivity index (χ3v) is 4.17. The molecule has 0 aliphatic rings. The molecule has 0 unspecified atom stereocenters. The predicted molar refractivity (Wildman–Crippen MR) is 95.2 cm³/mol. The van der Waals surface area contributed by atoms with Gasteiger partial charge in [-0.05, 0) is 19.1 Å². The maximum absolute atomic E-state index is 12.5. The van der Waals surface area contributed by atoms with E-state index in [9.17, 15) is 19.2 Å². The van der Waals surface area contributed by atoms with Crippen LogP contribution in [-0.2, 0) is 11.3 Å². The number of carbonyl (C=O) groups is 2. The van der Waals surface area contributed by atoms with Crippen molar-refractivity contribution in [3.8, 4) is 0 Å². The molecule has 3 heterocycles. The van der Waals surface area contributed by atoms with Gasteiger partial charge in [0.15, 0.2) is 10.8 Å². The van der Waals surface area contributed by atoms with Crippen LogP contribution in [0.5, 0.6) is 0 Å². The van der Waals surface area contributed by atoms with Crippen molar-refractivity contribution >= 4 is 28.3 Å². The number of thiazole rings is 1. The number of hydrogen-bond donors (Lipinski definition) is 2. The molecule has 0 saturated carbocycles. The van der Waals surface area contributed by atoms with Crippen LogP contribution >= 0.6 is 11.3 Å². The van der Waals surface area contributed by atoms with E-state index in [-0.39, 0.29) is 29.5 Å². The minimum absolute atomic E-state index is 0.0499. The summed E-state index contributed by atoms with van der Waals surface area (Å²) in [5.41, 5.74) is -1.69. The van der Waals surface area contributed by atoms with Gasteiger partial charge in [0.1, 0.15) is 11.3 Å². The maximum atomic E-state index is 12.5. The number of nitrogens with zero attached hydrogens (tertiary/aromatic N) is 2. The lowest BCUT2D eigenvalue weighted by molar-refractivity contribution is 0.0520. The molecule has 0 fully saturated rings. The highest BCUT2D eigenvalue weighted by atomic mass is 32.1. The van der Waals surface area contributed by atoms with Gasteiger partial charge in [0, 0.05) is 11.6 Å². The Kier molecular flexibility index (Phi) is 5.31. The standard InChI is InChI=1S/C16H14N4O6S/c1-2-25-14(23)11-8-27-15(18-11)19-12(21)10-6-17-16(24)20(13(10)22)7-9-4-3-5-26-9/h3-6,8H,2,7H2,1H3,(H,17,24)(H,18,19,21). The number of nitrogens with one attached hydrogen (secondary N) is 2. The Hall–Kier alpha value is -3.47. The van der Waals surface area contributed by atoms with Crippen molar-refractivity contribution in [3.05, 3.63) is 67.8 Å². The predicted octanol–water partition coefficient (Wildman–Crippen LogP) is 1.06. The summed E-state index contributed by atoms with van der Waals surface area (Å²) in [5.74, 6) is -0.993. The van der Waals surface area contributed by atoms with Crippen LogP contribution in [0.25, 0.3) is 0 Å². The summed E-state index contributed by atoms with van der Waals surface area (Å²) in [6, 6.07) is 3.22.